The molecule has 0 N–H and O–H groups in total. The van der Waals surface area contributed by atoms with Crippen molar-refractivity contribution in [2.45, 2.75) is 0 Å². The van der Waals surface area contributed by atoms with Crippen LogP contribution < -0.4 is 4.74 Å². The van der Waals surface area contributed by atoms with Gasteiger partial charge in [0, 0.05) is 16.5 Å². The molecule has 0 fully saturated rings. The van der Waals surface area contributed by atoms with E-state index in [2.05, 4.69) is 11.1 Å². The zero-order chi connectivity index (χ0) is 14.7. The molecule has 3 rings (SSSR count). The first-order valence-electron chi connectivity index (χ1n) is 6.40. The summed E-state index contributed by atoms with van der Waals surface area (Å²) in [4.78, 5) is 4.66. The molecular formula is C17H12N2OS. The van der Waals surface area contributed by atoms with Gasteiger partial charge in [-0.2, -0.15) is 5.26 Å². The Morgan fingerprint density at radius 1 is 1.10 bits per heavy atom. The predicted molar refractivity (Wildman–Crippen MR) is 84.3 cm³/mol. The van der Waals surface area contributed by atoms with Gasteiger partial charge >= 0.3 is 0 Å². The van der Waals surface area contributed by atoms with Crippen LogP contribution in [0.5, 0.6) is 5.75 Å². The lowest BCUT2D eigenvalue weighted by Gasteiger charge is -2.01. The summed E-state index contributed by atoms with van der Waals surface area (Å²) in [5, 5.41) is 11.9. The monoisotopic (exact) mass is 292 g/mol. The smallest absolute Gasteiger partial charge is 0.124 e. The molecule has 0 bridgehead atoms. The van der Waals surface area contributed by atoms with Gasteiger partial charge in [-0.3, -0.25) is 0 Å². The second-order valence-electron chi connectivity index (χ2n) is 4.46. The summed E-state index contributed by atoms with van der Waals surface area (Å²) in [6.45, 7) is 0. The molecule has 0 spiro atoms. The summed E-state index contributed by atoms with van der Waals surface area (Å²) in [6, 6.07) is 17.5. The maximum atomic E-state index is 8.97. The number of thiazole rings is 1. The molecule has 3 aromatic rings. The van der Waals surface area contributed by atoms with Crippen LogP contribution in [0.4, 0.5) is 0 Å². The molecule has 0 saturated heterocycles. The number of hydrogen-bond donors (Lipinski definition) is 0. The fourth-order valence-corrected chi connectivity index (χ4v) is 2.87. The minimum absolute atomic E-state index is 0.642. The van der Waals surface area contributed by atoms with E-state index in [0.717, 1.165) is 27.6 Å². The largest absolute Gasteiger partial charge is 0.497 e. The maximum absolute atomic E-state index is 8.97. The summed E-state index contributed by atoms with van der Waals surface area (Å²) in [5.74, 6) is 0.815. The van der Waals surface area contributed by atoms with Crippen LogP contribution >= 0.6 is 11.3 Å². The fourth-order valence-electron chi connectivity index (χ4n) is 2.04. The molecule has 3 nitrogen and oxygen atoms in total. The zero-order valence-corrected chi connectivity index (χ0v) is 12.2. The summed E-state index contributed by atoms with van der Waals surface area (Å²) < 4.78 is 5.24. The molecule has 0 unspecified atom stereocenters. The minimum atomic E-state index is 0.642. The highest BCUT2D eigenvalue weighted by Gasteiger charge is 2.08. The second-order valence-corrected chi connectivity index (χ2v) is 5.32. The van der Waals surface area contributed by atoms with Crippen molar-refractivity contribution in [2.24, 2.45) is 0 Å². The number of hydrogen-bond acceptors (Lipinski definition) is 4. The fraction of sp³-hybridized carbons (Fsp3) is 0.0588. The topological polar surface area (TPSA) is 45.9 Å². The molecule has 4 heteroatoms. The van der Waals surface area contributed by atoms with Crippen molar-refractivity contribution in [1.29, 1.82) is 5.26 Å². The molecule has 102 valence electrons. The molecule has 21 heavy (non-hydrogen) atoms. The molecule has 1 aromatic heterocycles. The van der Waals surface area contributed by atoms with E-state index in [1.54, 1.807) is 24.5 Å². The van der Waals surface area contributed by atoms with Crippen LogP contribution in [0.2, 0.25) is 0 Å². The Labute approximate surface area is 127 Å². The van der Waals surface area contributed by atoms with Gasteiger partial charge < -0.3 is 4.74 Å². The van der Waals surface area contributed by atoms with Crippen molar-refractivity contribution in [1.82, 2.24) is 4.98 Å². The number of methoxy groups -OCH3 is 1. The number of nitriles is 1. The van der Waals surface area contributed by atoms with Crippen molar-refractivity contribution in [2.75, 3.05) is 7.11 Å². The number of benzene rings is 2. The molecular weight excluding hydrogens is 280 g/mol. The molecule has 1 heterocycles. The molecule has 0 aliphatic heterocycles. The van der Waals surface area contributed by atoms with E-state index >= 15 is 0 Å². The van der Waals surface area contributed by atoms with Crippen LogP contribution in [0.25, 0.3) is 21.8 Å². The van der Waals surface area contributed by atoms with Crippen LogP contribution in [-0.4, -0.2) is 12.1 Å². The molecule has 0 atom stereocenters. The van der Waals surface area contributed by atoms with Gasteiger partial charge in [0.1, 0.15) is 10.8 Å². The van der Waals surface area contributed by atoms with Crippen molar-refractivity contribution in [3.05, 3.63) is 59.5 Å². The SMILES string of the molecule is COc1cccc(-c2nc(-c3cccc(C#N)c3)cs2)c1. The first-order chi connectivity index (χ1) is 10.3. The van der Waals surface area contributed by atoms with Gasteiger partial charge in [-0.15, -0.1) is 11.3 Å². The average Bonchev–Trinajstić information content (AvgIpc) is 3.05. The highest BCUT2D eigenvalue weighted by atomic mass is 32.1. The Balaban J connectivity index is 1.97. The van der Waals surface area contributed by atoms with Crippen LogP contribution in [0.15, 0.2) is 53.9 Å². The van der Waals surface area contributed by atoms with Crippen LogP contribution in [0.3, 0.4) is 0 Å². The van der Waals surface area contributed by atoms with Crippen molar-refractivity contribution in [3.63, 3.8) is 0 Å². The van der Waals surface area contributed by atoms with Crippen molar-refractivity contribution in [3.8, 4) is 33.6 Å². The molecule has 2 aromatic carbocycles. The second kappa shape index (κ2) is 5.78. The van der Waals surface area contributed by atoms with Gasteiger partial charge in [-0.05, 0) is 24.3 Å². The normalized spacial score (nSPS) is 10.1. The quantitative estimate of drug-likeness (QED) is 0.720. The van der Waals surface area contributed by atoms with Gasteiger partial charge in [0.25, 0.3) is 0 Å². The highest BCUT2D eigenvalue weighted by molar-refractivity contribution is 7.13. The first-order valence-corrected chi connectivity index (χ1v) is 7.28. The molecule has 0 amide bonds. The Morgan fingerprint density at radius 2 is 1.90 bits per heavy atom. The van der Waals surface area contributed by atoms with Gasteiger partial charge in [0.15, 0.2) is 0 Å². The van der Waals surface area contributed by atoms with Gasteiger partial charge in [0.2, 0.25) is 0 Å². The van der Waals surface area contributed by atoms with E-state index in [1.807, 2.05) is 47.8 Å². The standard InChI is InChI=1S/C17H12N2OS/c1-20-15-7-3-6-14(9-15)17-19-16(11-21-17)13-5-2-4-12(8-13)10-18/h2-9,11H,1H3. The molecule has 0 aliphatic carbocycles. The minimum Gasteiger partial charge on any atom is -0.497 e. The Morgan fingerprint density at radius 3 is 2.71 bits per heavy atom. The number of rotatable bonds is 3. The molecule has 0 saturated carbocycles. The summed E-state index contributed by atoms with van der Waals surface area (Å²) in [6.07, 6.45) is 0. The Hall–Kier alpha value is -2.64. The number of nitrogens with zero attached hydrogens (tertiary/aromatic N) is 2. The first kappa shape index (κ1) is 13.3. The Bertz CT molecular complexity index is 817. The lowest BCUT2D eigenvalue weighted by Crippen LogP contribution is -1.84. The van der Waals surface area contributed by atoms with E-state index in [0.29, 0.717) is 5.56 Å². The van der Waals surface area contributed by atoms with E-state index < -0.39 is 0 Å². The third-order valence-corrected chi connectivity index (χ3v) is 4.00. The van der Waals surface area contributed by atoms with Crippen molar-refractivity contribution >= 4 is 11.3 Å². The predicted octanol–water partition coefficient (Wildman–Crippen LogP) is 4.36. The third-order valence-electron chi connectivity index (χ3n) is 3.11. The lowest BCUT2D eigenvalue weighted by atomic mass is 10.1. The molecule has 0 radical (unpaired) electrons. The van der Waals surface area contributed by atoms with E-state index in [1.165, 1.54) is 0 Å². The zero-order valence-electron chi connectivity index (χ0n) is 11.4. The van der Waals surface area contributed by atoms with Crippen LogP contribution in [-0.2, 0) is 0 Å². The van der Waals surface area contributed by atoms with E-state index in [-0.39, 0.29) is 0 Å². The highest BCUT2D eigenvalue weighted by Crippen LogP contribution is 2.30. The summed E-state index contributed by atoms with van der Waals surface area (Å²) in [5.41, 5.74) is 3.51. The van der Waals surface area contributed by atoms with E-state index in [4.69, 9.17) is 10.00 Å². The average molecular weight is 292 g/mol. The van der Waals surface area contributed by atoms with E-state index in [9.17, 15) is 0 Å². The summed E-state index contributed by atoms with van der Waals surface area (Å²) in [7, 11) is 1.65. The van der Waals surface area contributed by atoms with Crippen LogP contribution in [0.1, 0.15) is 5.56 Å². The Kier molecular flexibility index (Phi) is 3.67. The van der Waals surface area contributed by atoms with Gasteiger partial charge in [0.05, 0.1) is 24.4 Å². The number of ether oxygens (including phenoxy) is 1. The number of aromatic nitrogens is 1. The van der Waals surface area contributed by atoms with Gasteiger partial charge in [-0.1, -0.05) is 24.3 Å². The maximum Gasteiger partial charge on any atom is 0.124 e. The molecule has 0 aliphatic rings. The third kappa shape index (κ3) is 2.78. The summed E-state index contributed by atoms with van der Waals surface area (Å²) >= 11 is 1.58. The lowest BCUT2D eigenvalue weighted by molar-refractivity contribution is 0.415. The van der Waals surface area contributed by atoms with Crippen molar-refractivity contribution < 1.29 is 4.74 Å². The van der Waals surface area contributed by atoms with Crippen LogP contribution in [0, 0.1) is 11.3 Å². The van der Waals surface area contributed by atoms with Gasteiger partial charge in [-0.25, -0.2) is 4.98 Å².